The van der Waals surface area contributed by atoms with Crippen LogP contribution < -0.4 is 19.9 Å². The van der Waals surface area contributed by atoms with E-state index in [9.17, 15) is 26.4 Å². The average Bonchev–Trinajstić information content (AvgIpc) is 3.50. The van der Waals surface area contributed by atoms with Crippen molar-refractivity contribution in [3.63, 3.8) is 0 Å². The molecule has 0 unspecified atom stereocenters. The lowest BCUT2D eigenvalue weighted by Crippen LogP contribution is -2.13. The molecule has 0 spiro atoms. The zero-order chi connectivity index (χ0) is 30.2. The Balaban J connectivity index is 1.43. The van der Waals surface area contributed by atoms with Crippen LogP contribution in [0, 0.1) is 12.7 Å². The summed E-state index contributed by atoms with van der Waals surface area (Å²) < 4.78 is 77.2. The number of aryl methyl sites for hydroxylation is 1. The summed E-state index contributed by atoms with van der Waals surface area (Å²) in [6, 6.07) is 11.6. The zero-order valence-corrected chi connectivity index (χ0v) is 22.9. The molecule has 5 aromatic rings. The first-order valence-electron chi connectivity index (χ1n) is 12.2. The Bertz CT molecular complexity index is 1920. The fraction of sp³-hybridized carbons (Fsp3) is 0.148. The maximum Gasteiger partial charge on any atom is 0.272 e. The van der Waals surface area contributed by atoms with Gasteiger partial charge in [-0.1, -0.05) is 12.1 Å². The second-order valence-corrected chi connectivity index (χ2v) is 11.0. The topological polar surface area (TPSA) is 154 Å². The molecule has 0 radical (unpaired) electrons. The van der Waals surface area contributed by atoms with Crippen molar-refractivity contribution >= 4 is 38.2 Å². The minimum atomic E-state index is -3.77. The predicted molar refractivity (Wildman–Crippen MR) is 149 cm³/mol. The number of nitrogens with one attached hydrogen (secondary N) is 2. The number of nitrogen functional groups attached to an aromatic ring is 1. The van der Waals surface area contributed by atoms with Gasteiger partial charge in [0.2, 0.25) is 21.7 Å². The molecule has 0 bridgehead atoms. The van der Waals surface area contributed by atoms with E-state index in [1.807, 2.05) is 0 Å². The van der Waals surface area contributed by atoms with Gasteiger partial charge in [0, 0.05) is 17.0 Å². The summed E-state index contributed by atoms with van der Waals surface area (Å²) in [4.78, 5) is 20.5. The number of alkyl halides is 2. The number of hydrogen-bond donors (Lipinski definition) is 3. The van der Waals surface area contributed by atoms with Crippen molar-refractivity contribution < 1.29 is 35.9 Å². The van der Waals surface area contributed by atoms with E-state index in [0.717, 1.165) is 6.26 Å². The number of carbonyl (C=O) groups is 1. The summed E-state index contributed by atoms with van der Waals surface area (Å²) in [5.41, 5.74) is 7.75. The molecule has 0 saturated carbocycles. The fourth-order valence-corrected chi connectivity index (χ4v) is 4.70. The highest BCUT2D eigenvalue weighted by Crippen LogP contribution is 2.33. The highest BCUT2D eigenvalue weighted by Gasteiger charge is 2.22. The molecular weight excluding hydrogens is 577 g/mol. The number of carbonyl (C=O) groups excluding carboxylic acids is 1. The smallest absolute Gasteiger partial charge is 0.272 e. The molecule has 0 amide bonds. The second kappa shape index (κ2) is 11.1. The number of H-pyrrole nitrogens is 1. The summed E-state index contributed by atoms with van der Waals surface area (Å²) in [5.74, 6) is -1.06. The van der Waals surface area contributed by atoms with E-state index < -0.39 is 34.7 Å². The van der Waals surface area contributed by atoms with Crippen LogP contribution in [0.15, 0.2) is 60.9 Å². The van der Waals surface area contributed by atoms with E-state index in [4.69, 9.17) is 15.2 Å². The van der Waals surface area contributed by atoms with Crippen LogP contribution in [0.3, 0.4) is 0 Å². The molecule has 3 heterocycles. The number of pyridine rings is 1. The van der Waals surface area contributed by atoms with Crippen molar-refractivity contribution in [3.8, 4) is 23.1 Å². The largest absolute Gasteiger partial charge is 0.485 e. The number of anilines is 2. The van der Waals surface area contributed by atoms with Crippen LogP contribution in [-0.4, -0.2) is 53.2 Å². The number of halogens is 3. The number of fused-ring (bicyclic) bond motifs is 1. The molecule has 0 aliphatic carbocycles. The van der Waals surface area contributed by atoms with Crippen LogP contribution in [0.4, 0.5) is 24.7 Å². The zero-order valence-electron chi connectivity index (χ0n) is 22.1. The van der Waals surface area contributed by atoms with Gasteiger partial charge in [-0.25, -0.2) is 31.3 Å². The first kappa shape index (κ1) is 28.5. The molecule has 218 valence electrons. The normalized spacial score (nSPS) is 11.7. The standard InChI is InChI=1S/C27H23F3N6O5S/c1-14-7-25(41-22-6-4-3-5-17(22)28)32-12-21(14)36-27(31)16(11-33-36)26(37)20-8-15-9-23(40-13-24(29)30)19(10-18(15)34-20)35-42(2,38)39/h3-12,24,34-35H,13,31H2,1-2H3. The number of aromatic nitrogens is 4. The molecule has 0 aliphatic rings. The molecule has 15 heteroatoms. The van der Waals surface area contributed by atoms with Gasteiger partial charge >= 0.3 is 0 Å². The van der Waals surface area contributed by atoms with Gasteiger partial charge in [-0.2, -0.15) is 5.10 Å². The highest BCUT2D eigenvalue weighted by atomic mass is 32.2. The summed E-state index contributed by atoms with van der Waals surface area (Å²) in [5, 5.41) is 4.63. The number of ketones is 1. The molecule has 11 nitrogen and oxygen atoms in total. The number of aromatic amines is 1. The molecule has 2 aromatic carbocycles. The van der Waals surface area contributed by atoms with Crippen LogP contribution in [0.1, 0.15) is 21.6 Å². The van der Waals surface area contributed by atoms with E-state index in [1.54, 1.807) is 19.1 Å². The molecule has 5 rings (SSSR count). The molecule has 0 atom stereocenters. The maximum absolute atomic E-state index is 13.9. The van der Waals surface area contributed by atoms with Gasteiger partial charge in [-0.05, 0) is 42.8 Å². The number of nitrogens with two attached hydrogens (primary N) is 1. The monoisotopic (exact) mass is 600 g/mol. The van der Waals surface area contributed by atoms with Crippen molar-refractivity contribution in [2.45, 2.75) is 13.3 Å². The van der Waals surface area contributed by atoms with Gasteiger partial charge in [0.15, 0.2) is 11.6 Å². The minimum absolute atomic E-state index is 0.00622. The first-order valence-corrected chi connectivity index (χ1v) is 14.1. The lowest BCUT2D eigenvalue weighted by Gasteiger charge is -2.12. The van der Waals surface area contributed by atoms with Crippen molar-refractivity contribution in [2.24, 2.45) is 0 Å². The third-order valence-electron chi connectivity index (χ3n) is 6.01. The summed E-state index contributed by atoms with van der Waals surface area (Å²) in [6.07, 6.45) is 0.812. The van der Waals surface area contributed by atoms with Crippen LogP contribution in [-0.2, 0) is 10.0 Å². The third-order valence-corrected chi connectivity index (χ3v) is 6.60. The first-order chi connectivity index (χ1) is 19.9. The Morgan fingerprint density at radius 2 is 1.90 bits per heavy atom. The van der Waals surface area contributed by atoms with Crippen LogP contribution in [0.25, 0.3) is 16.6 Å². The summed E-state index contributed by atoms with van der Waals surface area (Å²) in [6.45, 7) is 0.780. The number of para-hydroxylation sites is 1. The SMILES string of the molecule is Cc1cc(Oc2ccccc2F)ncc1-n1ncc(C(=O)c2cc3cc(OCC(F)F)c(NS(C)(=O)=O)cc3[nH]2)c1N. The summed E-state index contributed by atoms with van der Waals surface area (Å²) in [7, 11) is -3.77. The Morgan fingerprint density at radius 3 is 2.60 bits per heavy atom. The highest BCUT2D eigenvalue weighted by molar-refractivity contribution is 7.92. The maximum atomic E-state index is 13.9. The Morgan fingerprint density at radius 1 is 1.14 bits per heavy atom. The predicted octanol–water partition coefficient (Wildman–Crippen LogP) is 4.82. The summed E-state index contributed by atoms with van der Waals surface area (Å²) >= 11 is 0. The van der Waals surface area contributed by atoms with Crippen molar-refractivity contribution in [2.75, 3.05) is 23.3 Å². The molecule has 42 heavy (non-hydrogen) atoms. The van der Waals surface area contributed by atoms with Crippen LogP contribution in [0.5, 0.6) is 17.4 Å². The van der Waals surface area contributed by atoms with Crippen LogP contribution >= 0.6 is 0 Å². The fourth-order valence-electron chi connectivity index (χ4n) is 4.14. The minimum Gasteiger partial charge on any atom is -0.485 e. The van der Waals surface area contributed by atoms with Gasteiger partial charge in [0.05, 0.1) is 41.3 Å². The van der Waals surface area contributed by atoms with Crippen LogP contribution in [0.2, 0.25) is 0 Å². The van der Waals surface area contributed by atoms with E-state index in [2.05, 4.69) is 19.8 Å². The second-order valence-electron chi connectivity index (χ2n) is 9.22. The Hall–Kier alpha value is -5.05. The van der Waals surface area contributed by atoms with E-state index in [0.29, 0.717) is 22.2 Å². The van der Waals surface area contributed by atoms with Gasteiger partial charge in [-0.15, -0.1) is 0 Å². The quantitative estimate of drug-likeness (QED) is 0.193. The number of rotatable bonds is 10. The van der Waals surface area contributed by atoms with Gasteiger partial charge < -0.3 is 20.2 Å². The molecule has 0 aliphatic heterocycles. The van der Waals surface area contributed by atoms with Gasteiger partial charge in [-0.3, -0.25) is 9.52 Å². The number of ether oxygens (including phenoxy) is 2. The molecule has 0 saturated heterocycles. The number of nitrogens with zero attached hydrogens (tertiary/aromatic N) is 3. The third kappa shape index (κ3) is 6.00. The molecule has 4 N–H and O–H groups in total. The molecular formula is C27H23F3N6O5S. The lowest BCUT2D eigenvalue weighted by molar-refractivity contribution is 0.0823. The van der Waals surface area contributed by atoms with Gasteiger partial charge in [0.1, 0.15) is 18.2 Å². The average molecular weight is 601 g/mol. The Kier molecular flexibility index (Phi) is 7.51. The van der Waals surface area contributed by atoms with Crippen molar-refractivity contribution in [1.29, 1.82) is 0 Å². The lowest BCUT2D eigenvalue weighted by atomic mass is 10.1. The molecule has 0 fully saturated rings. The van der Waals surface area contributed by atoms with E-state index in [-0.39, 0.29) is 40.1 Å². The van der Waals surface area contributed by atoms with Gasteiger partial charge in [0.25, 0.3) is 6.43 Å². The van der Waals surface area contributed by atoms with Crippen molar-refractivity contribution in [3.05, 3.63) is 83.6 Å². The number of benzene rings is 2. The number of hydrogen-bond acceptors (Lipinski definition) is 8. The molecule has 3 aromatic heterocycles. The van der Waals surface area contributed by atoms with E-state index >= 15 is 0 Å². The number of sulfonamides is 1. The van der Waals surface area contributed by atoms with Crippen molar-refractivity contribution in [1.82, 2.24) is 19.7 Å². The van der Waals surface area contributed by atoms with E-state index in [1.165, 1.54) is 53.5 Å². The Labute approximate surface area is 237 Å².